The molecule has 2 rings (SSSR count). The number of benzene rings is 1. The Morgan fingerprint density at radius 3 is 2.43 bits per heavy atom. The van der Waals surface area contributed by atoms with Gasteiger partial charge in [-0.25, -0.2) is 4.79 Å². The van der Waals surface area contributed by atoms with Gasteiger partial charge in [-0.3, -0.25) is 10.1 Å². The van der Waals surface area contributed by atoms with Crippen LogP contribution in [0.25, 0.3) is 0 Å². The minimum atomic E-state index is -0.838. The van der Waals surface area contributed by atoms with Crippen molar-refractivity contribution in [1.82, 2.24) is 0 Å². The van der Waals surface area contributed by atoms with Gasteiger partial charge in [0.25, 0.3) is 0 Å². The van der Waals surface area contributed by atoms with E-state index in [0.717, 1.165) is 18.4 Å². The molecule has 0 aromatic heterocycles. The normalized spacial score (nSPS) is 15.7. The number of anilines is 1. The number of carbonyl (C=O) groups is 2. The Bertz CT molecular complexity index is 614. The lowest BCUT2D eigenvalue weighted by Crippen LogP contribution is -2.27. The lowest BCUT2D eigenvalue weighted by Gasteiger charge is -2.21. The molecule has 0 bridgehead atoms. The summed E-state index contributed by atoms with van der Waals surface area (Å²) in [5.74, 6) is -0.200. The van der Waals surface area contributed by atoms with Gasteiger partial charge in [-0.05, 0) is 51.8 Å². The molecule has 1 amide bonds. The number of amides is 1. The highest BCUT2D eigenvalue weighted by Gasteiger charge is 2.47. The van der Waals surface area contributed by atoms with Gasteiger partial charge in [-0.2, -0.15) is 0 Å². The van der Waals surface area contributed by atoms with Crippen LogP contribution in [0, 0.1) is 0 Å². The molecule has 0 unspecified atom stereocenters. The first-order chi connectivity index (χ1) is 10.6. The standard InChI is InChI=1S/C17H23NO5/c1-16(2,3)23-15(21)18-11-5-6-13(22-4)12(9-11)17(7-8-17)10-14(19)20/h5-6,9H,7-8,10H2,1-4H3,(H,18,21)(H,19,20). The number of ether oxygens (including phenoxy) is 2. The lowest BCUT2D eigenvalue weighted by atomic mass is 9.91. The molecule has 23 heavy (non-hydrogen) atoms. The number of methoxy groups -OCH3 is 1. The molecular formula is C17H23NO5. The van der Waals surface area contributed by atoms with Crippen molar-refractivity contribution < 1.29 is 24.2 Å². The number of carboxylic acids is 1. The van der Waals surface area contributed by atoms with Crippen molar-refractivity contribution in [2.75, 3.05) is 12.4 Å². The van der Waals surface area contributed by atoms with Gasteiger partial charge in [0.2, 0.25) is 0 Å². The van der Waals surface area contributed by atoms with E-state index in [9.17, 15) is 9.59 Å². The van der Waals surface area contributed by atoms with Gasteiger partial charge in [0.05, 0.1) is 13.5 Å². The van der Waals surface area contributed by atoms with Crippen molar-refractivity contribution in [2.45, 2.75) is 51.0 Å². The summed E-state index contributed by atoms with van der Waals surface area (Å²) in [7, 11) is 1.55. The molecule has 0 heterocycles. The fourth-order valence-corrected chi connectivity index (χ4v) is 2.60. The molecular weight excluding hydrogens is 298 g/mol. The molecule has 0 aliphatic heterocycles. The fourth-order valence-electron chi connectivity index (χ4n) is 2.60. The highest BCUT2D eigenvalue weighted by atomic mass is 16.6. The van der Waals surface area contributed by atoms with Crippen molar-refractivity contribution in [1.29, 1.82) is 0 Å². The zero-order valence-electron chi connectivity index (χ0n) is 13.9. The van der Waals surface area contributed by atoms with Crippen LogP contribution in [0.2, 0.25) is 0 Å². The van der Waals surface area contributed by atoms with Crippen molar-refractivity contribution in [3.8, 4) is 5.75 Å². The van der Waals surface area contributed by atoms with Crippen LogP contribution < -0.4 is 10.1 Å². The van der Waals surface area contributed by atoms with Crippen LogP contribution in [0.4, 0.5) is 10.5 Å². The van der Waals surface area contributed by atoms with Gasteiger partial charge < -0.3 is 14.6 Å². The summed E-state index contributed by atoms with van der Waals surface area (Å²) in [6, 6.07) is 5.23. The molecule has 0 saturated heterocycles. The van der Waals surface area contributed by atoms with Crippen molar-refractivity contribution >= 4 is 17.7 Å². The van der Waals surface area contributed by atoms with E-state index in [1.807, 2.05) is 0 Å². The van der Waals surface area contributed by atoms with E-state index in [1.54, 1.807) is 46.1 Å². The van der Waals surface area contributed by atoms with Gasteiger partial charge in [0, 0.05) is 16.7 Å². The molecule has 6 heteroatoms. The number of rotatable bonds is 5. The van der Waals surface area contributed by atoms with Crippen LogP contribution >= 0.6 is 0 Å². The van der Waals surface area contributed by atoms with E-state index < -0.39 is 23.1 Å². The van der Waals surface area contributed by atoms with Crippen LogP contribution in [0.1, 0.15) is 45.6 Å². The predicted molar refractivity (Wildman–Crippen MR) is 86.0 cm³/mol. The summed E-state index contributed by atoms with van der Waals surface area (Å²) in [6.45, 7) is 5.37. The number of nitrogens with one attached hydrogen (secondary N) is 1. The van der Waals surface area contributed by atoms with E-state index in [0.29, 0.717) is 11.4 Å². The second-order valence-electron chi connectivity index (χ2n) is 6.89. The molecule has 2 N–H and O–H groups in total. The van der Waals surface area contributed by atoms with Crippen LogP contribution in [0.3, 0.4) is 0 Å². The summed E-state index contributed by atoms with van der Waals surface area (Å²) in [5, 5.41) is 11.8. The van der Waals surface area contributed by atoms with Gasteiger partial charge in [-0.1, -0.05) is 0 Å². The van der Waals surface area contributed by atoms with Gasteiger partial charge >= 0.3 is 12.1 Å². The highest BCUT2D eigenvalue weighted by molar-refractivity contribution is 5.85. The van der Waals surface area contributed by atoms with E-state index in [-0.39, 0.29) is 6.42 Å². The number of hydrogen-bond donors (Lipinski definition) is 2. The van der Waals surface area contributed by atoms with E-state index in [4.69, 9.17) is 14.6 Å². The quantitative estimate of drug-likeness (QED) is 0.866. The molecule has 1 aliphatic rings. The number of hydrogen-bond acceptors (Lipinski definition) is 4. The third kappa shape index (κ3) is 4.37. The zero-order chi connectivity index (χ0) is 17.3. The Kier molecular flexibility index (Phi) is 4.54. The van der Waals surface area contributed by atoms with Gasteiger partial charge in [-0.15, -0.1) is 0 Å². The van der Waals surface area contributed by atoms with E-state index >= 15 is 0 Å². The molecule has 1 aromatic rings. The Morgan fingerprint density at radius 2 is 1.96 bits per heavy atom. The third-order valence-electron chi connectivity index (χ3n) is 3.76. The smallest absolute Gasteiger partial charge is 0.412 e. The monoisotopic (exact) mass is 321 g/mol. The summed E-state index contributed by atoms with van der Waals surface area (Å²) >= 11 is 0. The molecule has 1 saturated carbocycles. The molecule has 0 atom stereocenters. The van der Waals surface area contributed by atoms with Crippen LogP contribution in [0.15, 0.2) is 18.2 Å². The maximum atomic E-state index is 11.9. The van der Waals surface area contributed by atoms with Crippen molar-refractivity contribution in [2.24, 2.45) is 0 Å². The highest BCUT2D eigenvalue weighted by Crippen LogP contribution is 2.54. The Morgan fingerprint density at radius 1 is 1.30 bits per heavy atom. The van der Waals surface area contributed by atoms with Gasteiger partial charge in [0.1, 0.15) is 11.4 Å². The molecule has 126 valence electrons. The average molecular weight is 321 g/mol. The molecule has 0 spiro atoms. The molecule has 0 radical (unpaired) electrons. The minimum Gasteiger partial charge on any atom is -0.496 e. The van der Waals surface area contributed by atoms with E-state index in [2.05, 4.69) is 5.32 Å². The Hall–Kier alpha value is -2.24. The number of aliphatic carboxylic acids is 1. The van der Waals surface area contributed by atoms with Gasteiger partial charge in [0.15, 0.2) is 0 Å². The number of carboxylic acid groups (broad SMARTS) is 1. The molecule has 6 nitrogen and oxygen atoms in total. The first-order valence-corrected chi connectivity index (χ1v) is 7.55. The first kappa shape index (κ1) is 17.1. The maximum absolute atomic E-state index is 11.9. The zero-order valence-corrected chi connectivity index (χ0v) is 13.9. The third-order valence-corrected chi connectivity index (χ3v) is 3.76. The van der Waals surface area contributed by atoms with Crippen LogP contribution in [0.5, 0.6) is 5.75 Å². The first-order valence-electron chi connectivity index (χ1n) is 7.55. The van der Waals surface area contributed by atoms with Crippen molar-refractivity contribution in [3.63, 3.8) is 0 Å². The molecule has 1 aromatic carbocycles. The minimum absolute atomic E-state index is 0.0548. The average Bonchev–Trinajstić information content (AvgIpc) is 3.16. The SMILES string of the molecule is COc1ccc(NC(=O)OC(C)(C)C)cc1C1(CC(=O)O)CC1. The second-order valence-corrected chi connectivity index (χ2v) is 6.89. The molecule has 1 aliphatic carbocycles. The van der Waals surface area contributed by atoms with E-state index in [1.165, 1.54) is 0 Å². The summed E-state index contributed by atoms with van der Waals surface area (Å²) in [6.07, 6.45) is 1.10. The van der Waals surface area contributed by atoms with Crippen LogP contribution in [-0.2, 0) is 14.9 Å². The topological polar surface area (TPSA) is 84.9 Å². The number of carbonyl (C=O) groups excluding carboxylic acids is 1. The summed E-state index contributed by atoms with van der Waals surface area (Å²) in [4.78, 5) is 23.0. The summed E-state index contributed by atoms with van der Waals surface area (Å²) < 4.78 is 10.6. The van der Waals surface area contributed by atoms with Crippen molar-refractivity contribution in [3.05, 3.63) is 23.8 Å². The summed E-state index contributed by atoms with van der Waals surface area (Å²) in [5.41, 5.74) is 0.395. The Labute approximate surface area is 135 Å². The molecule has 1 fully saturated rings. The Balaban J connectivity index is 2.23. The largest absolute Gasteiger partial charge is 0.496 e. The predicted octanol–water partition coefficient (Wildman–Crippen LogP) is 3.55. The fraction of sp³-hybridized carbons (Fsp3) is 0.529. The second kappa shape index (κ2) is 6.10. The maximum Gasteiger partial charge on any atom is 0.412 e. The van der Waals surface area contributed by atoms with Crippen LogP contribution in [-0.4, -0.2) is 29.9 Å². The lowest BCUT2D eigenvalue weighted by molar-refractivity contribution is -0.137.